The minimum atomic E-state index is 1.04. The van der Waals surface area contributed by atoms with Crippen LogP contribution in [0.5, 0.6) is 0 Å². The number of hydrogen-bond acceptors (Lipinski definition) is 2. The van der Waals surface area contributed by atoms with Gasteiger partial charge >= 0.3 is 0 Å². The first kappa shape index (κ1) is 26.1. The van der Waals surface area contributed by atoms with E-state index in [0.717, 1.165) is 5.69 Å². The van der Waals surface area contributed by atoms with Crippen molar-refractivity contribution in [1.82, 2.24) is 9.97 Å². The van der Waals surface area contributed by atoms with Crippen LogP contribution < -0.4 is 0 Å². The first-order valence-corrected chi connectivity index (χ1v) is 15.1. The lowest BCUT2D eigenvalue weighted by molar-refractivity contribution is 1.20. The van der Waals surface area contributed by atoms with E-state index in [0.29, 0.717) is 0 Å². The van der Waals surface area contributed by atoms with Gasteiger partial charge in [0.2, 0.25) is 0 Å². The zero-order valence-corrected chi connectivity index (χ0v) is 24.8. The summed E-state index contributed by atoms with van der Waals surface area (Å²) in [6, 6.07) is 46.4. The molecule has 0 fully saturated rings. The van der Waals surface area contributed by atoms with E-state index >= 15 is 0 Å². The standard InChI is InChI=1S/C42H30N2/c1-27-26-43-25-23-31(27)35-21-22-40(34-11-4-3-10-33(34)35)42-38-14-7-5-12-36(38)41(37-13-6-8-15-39(37)42)30-19-17-29(18-20-30)32-16-9-24-44-28(32)2/h3-26H,1-2H3. The van der Waals surface area contributed by atoms with Crippen LogP contribution in [0, 0.1) is 13.8 Å². The molecular weight excluding hydrogens is 532 g/mol. The van der Waals surface area contributed by atoms with Gasteiger partial charge in [0.25, 0.3) is 0 Å². The maximum atomic E-state index is 4.50. The predicted molar refractivity (Wildman–Crippen MR) is 186 cm³/mol. The van der Waals surface area contributed by atoms with Gasteiger partial charge in [0.15, 0.2) is 0 Å². The molecule has 0 spiro atoms. The van der Waals surface area contributed by atoms with Crippen LogP contribution in [0.4, 0.5) is 0 Å². The van der Waals surface area contributed by atoms with Gasteiger partial charge in [-0.15, -0.1) is 0 Å². The van der Waals surface area contributed by atoms with E-state index in [4.69, 9.17) is 0 Å². The minimum Gasteiger partial charge on any atom is -0.264 e. The highest BCUT2D eigenvalue weighted by molar-refractivity contribution is 6.24. The molecule has 0 radical (unpaired) electrons. The van der Waals surface area contributed by atoms with Gasteiger partial charge < -0.3 is 0 Å². The lowest BCUT2D eigenvalue weighted by Crippen LogP contribution is -1.93. The summed E-state index contributed by atoms with van der Waals surface area (Å²) in [4.78, 5) is 8.84. The van der Waals surface area contributed by atoms with E-state index in [1.165, 1.54) is 82.4 Å². The Morgan fingerprint density at radius 2 is 0.932 bits per heavy atom. The van der Waals surface area contributed by atoms with Gasteiger partial charge in [0, 0.05) is 29.8 Å². The van der Waals surface area contributed by atoms with Crippen LogP contribution in [0.3, 0.4) is 0 Å². The molecule has 0 saturated heterocycles. The number of hydrogen-bond donors (Lipinski definition) is 0. The van der Waals surface area contributed by atoms with Crippen LogP contribution in [0.2, 0.25) is 0 Å². The van der Waals surface area contributed by atoms with Gasteiger partial charge in [-0.3, -0.25) is 9.97 Å². The number of aromatic nitrogens is 2. The number of fused-ring (bicyclic) bond motifs is 3. The molecule has 0 aliphatic rings. The molecule has 0 aliphatic heterocycles. The molecule has 0 saturated carbocycles. The third-order valence-electron chi connectivity index (χ3n) is 8.93. The van der Waals surface area contributed by atoms with Gasteiger partial charge in [-0.2, -0.15) is 0 Å². The molecule has 0 amide bonds. The van der Waals surface area contributed by atoms with Crippen LogP contribution in [-0.2, 0) is 0 Å². The molecule has 0 atom stereocenters. The second kappa shape index (κ2) is 10.6. The molecule has 0 unspecified atom stereocenters. The zero-order valence-electron chi connectivity index (χ0n) is 24.8. The number of pyridine rings is 2. The van der Waals surface area contributed by atoms with Crippen molar-refractivity contribution in [2.75, 3.05) is 0 Å². The third-order valence-corrected chi connectivity index (χ3v) is 8.93. The van der Waals surface area contributed by atoms with E-state index in [9.17, 15) is 0 Å². The molecule has 208 valence electrons. The maximum absolute atomic E-state index is 4.50. The highest BCUT2D eigenvalue weighted by Crippen LogP contribution is 2.46. The summed E-state index contributed by atoms with van der Waals surface area (Å²) in [6.45, 7) is 4.20. The Morgan fingerprint density at radius 1 is 0.386 bits per heavy atom. The van der Waals surface area contributed by atoms with Crippen LogP contribution in [0.25, 0.3) is 76.8 Å². The van der Waals surface area contributed by atoms with E-state index in [-0.39, 0.29) is 0 Å². The quantitative estimate of drug-likeness (QED) is 0.199. The van der Waals surface area contributed by atoms with E-state index in [2.05, 4.69) is 145 Å². The monoisotopic (exact) mass is 562 g/mol. The SMILES string of the molecule is Cc1cnccc1-c1ccc(-c2c3ccccc3c(-c3ccc(-c4cccnc4C)cc3)c3ccccc23)c2ccccc12. The summed E-state index contributed by atoms with van der Waals surface area (Å²) in [5.41, 5.74) is 12.0. The molecule has 8 rings (SSSR count). The predicted octanol–water partition coefficient (Wildman–Crippen LogP) is 11.2. The summed E-state index contributed by atoms with van der Waals surface area (Å²) in [7, 11) is 0. The lowest BCUT2D eigenvalue weighted by Gasteiger charge is -2.20. The molecule has 2 heterocycles. The fraction of sp³-hybridized carbons (Fsp3) is 0.0476. The number of nitrogens with zero attached hydrogens (tertiary/aromatic N) is 2. The van der Waals surface area contributed by atoms with Gasteiger partial charge in [-0.25, -0.2) is 0 Å². The minimum absolute atomic E-state index is 1.04. The van der Waals surface area contributed by atoms with E-state index in [1.807, 2.05) is 24.7 Å². The molecule has 0 bridgehead atoms. The molecule has 44 heavy (non-hydrogen) atoms. The van der Waals surface area contributed by atoms with Crippen molar-refractivity contribution >= 4 is 32.3 Å². The van der Waals surface area contributed by atoms with Crippen molar-refractivity contribution in [2.24, 2.45) is 0 Å². The van der Waals surface area contributed by atoms with Crippen LogP contribution in [-0.4, -0.2) is 9.97 Å². The third kappa shape index (κ3) is 4.19. The van der Waals surface area contributed by atoms with Crippen molar-refractivity contribution in [3.05, 3.63) is 157 Å². The van der Waals surface area contributed by atoms with Crippen LogP contribution >= 0.6 is 0 Å². The summed E-state index contributed by atoms with van der Waals surface area (Å²) in [6.07, 6.45) is 5.68. The Bertz CT molecular complexity index is 2290. The molecule has 2 aromatic heterocycles. The number of rotatable bonds is 4. The van der Waals surface area contributed by atoms with Crippen LogP contribution in [0.15, 0.2) is 146 Å². The molecule has 6 aromatic carbocycles. The average Bonchev–Trinajstić information content (AvgIpc) is 3.08. The molecular formula is C42H30N2. The highest BCUT2D eigenvalue weighted by atomic mass is 14.7. The molecule has 2 heteroatoms. The summed E-state index contributed by atoms with van der Waals surface area (Å²) >= 11 is 0. The molecule has 2 nitrogen and oxygen atoms in total. The normalized spacial score (nSPS) is 11.4. The van der Waals surface area contributed by atoms with E-state index < -0.39 is 0 Å². The maximum Gasteiger partial charge on any atom is 0.0450 e. The molecule has 0 aliphatic carbocycles. The van der Waals surface area contributed by atoms with Gasteiger partial charge in [-0.1, -0.05) is 115 Å². The Labute approximate surface area is 257 Å². The van der Waals surface area contributed by atoms with Gasteiger partial charge in [0.1, 0.15) is 0 Å². The Balaban J connectivity index is 1.40. The van der Waals surface area contributed by atoms with Crippen molar-refractivity contribution in [3.63, 3.8) is 0 Å². The van der Waals surface area contributed by atoms with Gasteiger partial charge in [0.05, 0.1) is 0 Å². The van der Waals surface area contributed by atoms with Crippen molar-refractivity contribution in [1.29, 1.82) is 0 Å². The smallest absolute Gasteiger partial charge is 0.0450 e. The average molecular weight is 563 g/mol. The fourth-order valence-corrected chi connectivity index (χ4v) is 6.86. The summed E-state index contributed by atoms with van der Waals surface area (Å²) in [5.74, 6) is 0. The summed E-state index contributed by atoms with van der Waals surface area (Å²) in [5, 5.41) is 7.52. The summed E-state index contributed by atoms with van der Waals surface area (Å²) < 4.78 is 0. The van der Waals surface area contributed by atoms with Crippen molar-refractivity contribution in [2.45, 2.75) is 13.8 Å². The molecule has 8 aromatic rings. The Kier molecular flexibility index (Phi) is 6.27. The lowest BCUT2D eigenvalue weighted by atomic mass is 9.83. The topological polar surface area (TPSA) is 25.8 Å². The van der Waals surface area contributed by atoms with Crippen molar-refractivity contribution < 1.29 is 0 Å². The highest BCUT2D eigenvalue weighted by Gasteiger charge is 2.19. The number of benzene rings is 6. The van der Waals surface area contributed by atoms with Crippen LogP contribution in [0.1, 0.15) is 11.3 Å². The largest absolute Gasteiger partial charge is 0.264 e. The zero-order chi connectivity index (χ0) is 29.6. The van der Waals surface area contributed by atoms with Gasteiger partial charge in [-0.05, 0) is 103 Å². The Morgan fingerprint density at radius 3 is 1.55 bits per heavy atom. The fourth-order valence-electron chi connectivity index (χ4n) is 6.86. The second-order valence-electron chi connectivity index (χ2n) is 11.5. The Hall–Kier alpha value is -5.60. The van der Waals surface area contributed by atoms with Crippen molar-refractivity contribution in [3.8, 4) is 44.5 Å². The van der Waals surface area contributed by atoms with E-state index in [1.54, 1.807) is 0 Å². The number of aryl methyl sites for hydroxylation is 2. The first-order chi connectivity index (χ1) is 21.7. The second-order valence-corrected chi connectivity index (χ2v) is 11.5. The molecule has 0 N–H and O–H groups in total. The first-order valence-electron chi connectivity index (χ1n) is 15.1.